The molecule has 5 nitrogen and oxygen atoms in total. The van der Waals surface area contributed by atoms with Gasteiger partial charge in [0.1, 0.15) is 5.82 Å². The fourth-order valence-electron chi connectivity index (χ4n) is 2.10. The van der Waals surface area contributed by atoms with E-state index in [0.717, 1.165) is 28.0 Å². The van der Waals surface area contributed by atoms with Crippen LogP contribution >= 0.6 is 0 Å². The lowest BCUT2D eigenvalue weighted by atomic mass is 10.2. The van der Waals surface area contributed by atoms with E-state index in [-0.39, 0.29) is 6.04 Å². The number of hydrogen-bond donors (Lipinski definition) is 2. The third-order valence-corrected chi connectivity index (χ3v) is 3.11. The number of fused-ring (bicyclic) bond motifs is 1. The molecule has 0 amide bonds. The summed E-state index contributed by atoms with van der Waals surface area (Å²) < 4.78 is 1.74. The zero-order valence-corrected chi connectivity index (χ0v) is 10.4. The summed E-state index contributed by atoms with van der Waals surface area (Å²) in [5, 5.41) is 4.13. The Bertz CT molecular complexity index is 694. The highest BCUT2D eigenvalue weighted by Crippen LogP contribution is 2.21. The SMILES string of the molecule is Cc1cccc2[nH]c(C(N)c3cnn(C)c3)nc12. The van der Waals surface area contributed by atoms with E-state index in [1.165, 1.54) is 0 Å². The average Bonchev–Trinajstić information content (AvgIpc) is 2.95. The normalized spacial score (nSPS) is 13.1. The molecule has 3 rings (SSSR count). The summed E-state index contributed by atoms with van der Waals surface area (Å²) in [6.45, 7) is 2.04. The van der Waals surface area contributed by atoms with Crippen LogP contribution in [-0.4, -0.2) is 19.7 Å². The smallest absolute Gasteiger partial charge is 0.128 e. The van der Waals surface area contributed by atoms with Crippen LogP contribution in [0.3, 0.4) is 0 Å². The summed E-state index contributed by atoms with van der Waals surface area (Å²) in [6, 6.07) is 5.79. The van der Waals surface area contributed by atoms with Gasteiger partial charge in [-0.2, -0.15) is 5.10 Å². The van der Waals surface area contributed by atoms with Crippen molar-refractivity contribution in [2.45, 2.75) is 13.0 Å². The van der Waals surface area contributed by atoms with Crippen LogP contribution in [0.1, 0.15) is 23.0 Å². The highest BCUT2D eigenvalue weighted by Gasteiger charge is 2.15. The molecule has 0 saturated carbocycles. The van der Waals surface area contributed by atoms with Crippen molar-refractivity contribution in [1.29, 1.82) is 0 Å². The van der Waals surface area contributed by atoms with Gasteiger partial charge in [0.25, 0.3) is 0 Å². The molecule has 1 aromatic carbocycles. The molecule has 2 heterocycles. The molecule has 2 aromatic heterocycles. The van der Waals surface area contributed by atoms with E-state index in [4.69, 9.17) is 5.73 Å². The number of imidazole rings is 1. The Labute approximate surface area is 105 Å². The second kappa shape index (κ2) is 3.96. The monoisotopic (exact) mass is 241 g/mol. The van der Waals surface area contributed by atoms with Crippen LogP contribution in [0.4, 0.5) is 0 Å². The van der Waals surface area contributed by atoms with Crippen molar-refractivity contribution in [3.63, 3.8) is 0 Å². The maximum atomic E-state index is 6.20. The van der Waals surface area contributed by atoms with Crippen LogP contribution in [0.25, 0.3) is 11.0 Å². The fourth-order valence-corrected chi connectivity index (χ4v) is 2.10. The molecule has 1 unspecified atom stereocenters. The van der Waals surface area contributed by atoms with Crippen molar-refractivity contribution in [3.8, 4) is 0 Å². The van der Waals surface area contributed by atoms with Crippen LogP contribution < -0.4 is 5.73 Å². The molecule has 0 aliphatic rings. The van der Waals surface area contributed by atoms with E-state index in [1.807, 2.05) is 38.4 Å². The van der Waals surface area contributed by atoms with Crippen LogP contribution in [0, 0.1) is 6.92 Å². The molecule has 18 heavy (non-hydrogen) atoms. The Kier molecular flexibility index (Phi) is 2.41. The lowest BCUT2D eigenvalue weighted by Crippen LogP contribution is -2.12. The Morgan fingerprint density at radius 1 is 1.39 bits per heavy atom. The molecule has 0 aliphatic carbocycles. The first kappa shape index (κ1) is 11.0. The number of aromatic amines is 1. The van der Waals surface area contributed by atoms with Gasteiger partial charge in [-0.25, -0.2) is 4.98 Å². The van der Waals surface area contributed by atoms with Crippen molar-refractivity contribution in [1.82, 2.24) is 19.7 Å². The van der Waals surface area contributed by atoms with Crippen molar-refractivity contribution < 1.29 is 0 Å². The number of nitrogens with one attached hydrogen (secondary N) is 1. The summed E-state index contributed by atoms with van der Waals surface area (Å²) in [6.07, 6.45) is 3.68. The van der Waals surface area contributed by atoms with Gasteiger partial charge < -0.3 is 10.7 Å². The highest BCUT2D eigenvalue weighted by molar-refractivity contribution is 5.78. The number of rotatable bonds is 2. The predicted molar refractivity (Wildman–Crippen MR) is 70.1 cm³/mol. The number of aromatic nitrogens is 4. The number of para-hydroxylation sites is 1. The van der Waals surface area contributed by atoms with Gasteiger partial charge in [0.05, 0.1) is 23.3 Å². The van der Waals surface area contributed by atoms with Gasteiger partial charge >= 0.3 is 0 Å². The third kappa shape index (κ3) is 1.69. The first-order chi connectivity index (χ1) is 8.65. The van der Waals surface area contributed by atoms with Crippen LogP contribution in [0.5, 0.6) is 0 Å². The largest absolute Gasteiger partial charge is 0.340 e. The summed E-state index contributed by atoms with van der Waals surface area (Å²) in [5.74, 6) is 0.771. The molecule has 0 aliphatic heterocycles. The first-order valence-electron chi connectivity index (χ1n) is 5.84. The molecule has 0 spiro atoms. The number of aryl methyl sites for hydroxylation is 2. The van der Waals surface area contributed by atoms with Gasteiger partial charge in [0.15, 0.2) is 0 Å². The van der Waals surface area contributed by atoms with Crippen molar-refractivity contribution in [3.05, 3.63) is 47.5 Å². The molecule has 0 fully saturated rings. The quantitative estimate of drug-likeness (QED) is 0.716. The van der Waals surface area contributed by atoms with E-state index in [1.54, 1.807) is 10.9 Å². The fraction of sp³-hybridized carbons (Fsp3) is 0.231. The molecule has 1 atom stereocenters. The van der Waals surface area contributed by atoms with Gasteiger partial charge in [0, 0.05) is 18.8 Å². The Morgan fingerprint density at radius 3 is 2.89 bits per heavy atom. The van der Waals surface area contributed by atoms with E-state index in [2.05, 4.69) is 15.1 Å². The average molecular weight is 241 g/mol. The van der Waals surface area contributed by atoms with E-state index >= 15 is 0 Å². The molecule has 0 bridgehead atoms. The molecular formula is C13H15N5. The van der Waals surface area contributed by atoms with Crippen molar-refractivity contribution >= 4 is 11.0 Å². The van der Waals surface area contributed by atoms with Gasteiger partial charge in [-0.3, -0.25) is 4.68 Å². The number of benzene rings is 1. The van der Waals surface area contributed by atoms with Gasteiger partial charge in [-0.15, -0.1) is 0 Å². The minimum Gasteiger partial charge on any atom is -0.340 e. The van der Waals surface area contributed by atoms with Crippen molar-refractivity contribution in [2.75, 3.05) is 0 Å². The number of H-pyrrole nitrogens is 1. The first-order valence-corrected chi connectivity index (χ1v) is 5.84. The Morgan fingerprint density at radius 2 is 2.22 bits per heavy atom. The number of hydrogen-bond acceptors (Lipinski definition) is 3. The topological polar surface area (TPSA) is 72.5 Å². The minimum absolute atomic E-state index is 0.273. The van der Waals surface area contributed by atoms with Gasteiger partial charge in [-0.1, -0.05) is 12.1 Å². The molecule has 5 heteroatoms. The number of nitrogens with zero attached hydrogens (tertiary/aromatic N) is 3. The molecule has 3 N–H and O–H groups in total. The van der Waals surface area contributed by atoms with Crippen molar-refractivity contribution in [2.24, 2.45) is 12.8 Å². The Balaban J connectivity index is 2.06. The van der Waals surface area contributed by atoms with Gasteiger partial charge in [-0.05, 0) is 18.6 Å². The van der Waals surface area contributed by atoms with Crippen LogP contribution in [0.15, 0.2) is 30.6 Å². The second-order valence-corrected chi connectivity index (χ2v) is 4.52. The Hall–Kier alpha value is -2.14. The third-order valence-electron chi connectivity index (χ3n) is 3.11. The maximum absolute atomic E-state index is 6.20. The van der Waals surface area contributed by atoms with E-state index in [0.29, 0.717) is 0 Å². The molecule has 0 saturated heterocycles. The second-order valence-electron chi connectivity index (χ2n) is 4.52. The highest BCUT2D eigenvalue weighted by atomic mass is 15.2. The van der Waals surface area contributed by atoms with Crippen LogP contribution in [0.2, 0.25) is 0 Å². The van der Waals surface area contributed by atoms with Crippen LogP contribution in [-0.2, 0) is 7.05 Å². The van der Waals surface area contributed by atoms with E-state index in [9.17, 15) is 0 Å². The maximum Gasteiger partial charge on any atom is 0.128 e. The zero-order valence-electron chi connectivity index (χ0n) is 10.4. The van der Waals surface area contributed by atoms with Gasteiger partial charge in [0.2, 0.25) is 0 Å². The summed E-state index contributed by atoms with van der Waals surface area (Å²) in [7, 11) is 1.87. The summed E-state index contributed by atoms with van der Waals surface area (Å²) >= 11 is 0. The van der Waals surface area contributed by atoms with E-state index < -0.39 is 0 Å². The molecule has 3 aromatic rings. The summed E-state index contributed by atoms with van der Waals surface area (Å²) in [4.78, 5) is 7.85. The molecular weight excluding hydrogens is 226 g/mol. The lowest BCUT2D eigenvalue weighted by molar-refractivity contribution is 0.762. The minimum atomic E-state index is -0.273. The standard InChI is InChI=1S/C13H15N5/c1-8-4-3-5-10-12(8)17-13(16-10)11(14)9-6-15-18(2)7-9/h3-7,11H,14H2,1-2H3,(H,16,17). The summed E-state index contributed by atoms with van der Waals surface area (Å²) in [5.41, 5.74) is 10.3. The molecule has 0 radical (unpaired) electrons. The number of nitrogens with two attached hydrogens (primary N) is 1. The molecule has 92 valence electrons. The predicted octanol–water partition coefficient (Wildman–Crippen LogP) is 1.65. The lowest BCUT2D eigenvalue weighted by Gasteiger charge is -2.04. The zero-order chi connectivity index (χ0) is 12.7.